The molecular formula is C19H14N8O. The molecule has 0 aliphatic carbocycles. The van der Waals surface area contributed by atoms with E-state index in [4.69, 9.17) is 4.52 Å². The molecule has 5 aromatic rings. The van der Waals surface area contributed by atoms with E-state index < -0.39 is 0 Å². The predicted molar refractivity (Wildman–Crippen MR) is 101 cm³/mol. The summed E-state index contributed by atoms with van der Waals surface area (Å²) in [5.41, 5.74) is 2.64. The fraction of sp³-hybridized carbons (Fsp3) is 0.0526. The summed E-state index contributed by atoms with van der Waals surface area (Å²) in [5, 5.41) is 11.5. The molecule has 1 N–H and O–H groups in total. The third kappa shape index (κ3) is 3.05. The highest BCUT2D eigenvalue weighted by Gasteiger charge is 2.12. The zero-order valence-corrected chi connectivity index (χ0v) is 14.6. The Kier molecular flexibility index (Phi) is 3.94. The SMILES string of the molecule is c1ccc(-c2cc(NCc3nc(-c4ccncc4)no3)n3ncnc3n2)cc1. The molecule has 136 valence electrons. The number of pyridine rings is 1. The number of nitrogens with zero attached hydrogens (tertiary/aromatic N) is 7. The standard InChI is InChI=1S/C19H14N8O/c1-2-4-13(5-3-1)15-10-16(27-19(24-15)22-12-23-27)21-11-17-25-18(26-28-17)14-6-8-20-9-7-14/h1-10,12,21H,11H2. The Morgan fingerprint density at radius 2 is 1.82 bits per heavy atom. The number of benzene rings is 1. The molecule has 0 spiro atoms. The Hall–Kier alpha value is -4.14. The van der Waals surface area contributed by atoms with Crippen molar-refractivity contribution in [2.75, 3.05) is 5.32 Å². The van der Waals surface area contributed by atoms with Gasteiger partial charge in [-0.15, -0.1) is 0 Å². The minimum atomic E-state index is 0.339. The van der Waals surface area contributed by atoms with Crippen LogP contribution in [0.4, 0.5) is 5.82 Å². The average Bonchev–Trinajstić information content (AvgIpc) is 3.43. The lowest BCUT2D eigenvalue weighted by atomic mass is 10.1. The minimum absolute atomic E-state index is 0.339. The molecule has 0 aliphatic heterocycles. The van der Waals surface area contributed by atoms with E-state index >= 15 is 0 Å². The number of hydrogen-bond acceptors (Lipinski definition) is 8. The maximum atomic E-state index is 5.34. The molecule has 28 heavy (non-hydrogen) atoms. The van der Waals surface area contributed by atoms with Crippen LogP contribution in [0.15, 0.2) is 71.8 Å². The van der Waals surface area contributed by atoms with Gasteiger partial charge in [-0.2, -0.15) is 19.6 Å². The molecule has 0 fully saturated rings. The van der Waals surface area contributed by atoms with Crippen LogP contribution in [0.2, 0.25) is 0 Å². The highest BCUT2D eigenvalue weighted by atomic mass is 16.5. The summed E-state index contributed by atoms with van der Waals surface area (Å²) in [4.78, 5) is 17.2. The molecule has 4 aromatic heterocycles. The van der Waals surface area contributed by atoms with Gasteiger partial charge in [-0.3, -0.25) is 4.98 Å². The summed E-state index contributed by atoms with van der Waals surface area (Å²) < 4.78 is 6.98. The summed E-state index contributed by atoms with van der Waals surface area (Å²) in [6.07, 6.45) is 4.84. The smallest absolute Gasteiger partial charge is 0.254 e. The van der Waals surface area contributed by atoms with Gasteiger partial charge >= 0.3 is 0 Å². The molecule has 0 atom stereocenters. The van der Waals surface area contributed by atoms with Crippen molar-refractivity contribution >= 4 is 11.6 Å². The van der Waals surface area contributed by atoms with E-state index in [-0.39, 0.29) is 0 Å². The molecule has 0 radical (unpaired) electrons. The van der Waals surface area contributed by atoms with Gasteiger partial charge in [-0.05, 0) is 12.1 Å². The molecular weight excluding hydrogens is 356 g/mol. The summed E-state index contributed by atoms with van der Waals surface area (Å²) in [7, 11) is 0. The van der Waals surface area contributed by atoms with Crippen LogP contribution in [0, 0.1) is 0 Å². The van der Waals surface area contributed by atoms with Gasteiger partial charge in [0.15, 0.2) is 0 Å². The third-order valence-corrected chi connectivity index (χ3v) is 4.15. The van der Waals surface area contributed by atoms with Gasteiger partial charge in [0.05, 0.1) is 12.2 Å². The molecule has 0 aliphatic rings. The van der Waals surface area contributed by atoms with Crippen LogP contribution in [0.5, 0.6) is 0 Å². The average molecular weight is 370 g/mol. The molecule has 0 saturated carbocycles. The summed E-state index contributed by atoms with van der Waals surface area (Å²) >= 11 is 0. The van der Waals surface area contributed by atoms with Crippen LogP contribution >= 0.6 is 0 Å². The van der Waals surface area contributed by atoms with E-state index in [1.54, 1.807) is 16.9 Å². The van der Waals surface area contributed by atoms with Crippen molar-refractivity contribution in [3.05, 3.63) is 73.1 Å². The number of nitrogens with one attached hydrogen (secondary N) is 1. The van der Waals surface area contributed by atoms with Crippen LogP contribution in [0.3, 0.4) is 0 Å². The monoisotopic (exact) mass is 370 g/mol. The Labute approximate surface area is 159 Å². The van der Waals surface area contributed by atoms with Crippen molar-refractivity contribution in [3.8, 4) is 22.6 Å². The van der Waals surface area contributed by atoms with Crippen molar-refractivity contribution < 1.29 is 4.52 Å². The number of anilines is 1. The van der Waals surface area contributed by atoms with Gasteiger partial charge in [-0.25, -0.2) is 4.98 Å². The first-order valence-electron chi connectivity index (χ1n) is 8.60. The number of hydrogen-bond donors (Lipinski definition) is 1. The van der Waals surface area contributed by atoms with Gasteiger partial charge in [0, 0.05) is 29.6 Å². The first kappa shape index (κ1) is 16.1. The molecule has 5 rings (SSSR count). The van der Waals surface area contributed by atoms with Gasteiger partial charge in [0.25, 0.3) is 5.78 Å². The largest absolute Gasteiger partial charge is 0.361 e. The van der Waals surface area contributed by atoms with Gasteiger partial charge in [0.1, 0.15) is 12.1 Å². The Bertz CT molecular complexity index is 1220. The quantitative estimate of drug-likeness (QED) is 0.503. The molecule has 9 nitrogen and oxygen atoms in total. The second-order valence-corrected chi connectivity index (χ2v) is 5.97. The van der Waals surface area contributed by atoms with E-state index in [9.17, 15) is 0 Å². The van der Waals surface area contributed by atoms with E-state index in [2.05, 4.69) is 35.5 Å². The number of aromatic nitrogens is 7. The molecule has 0 saturated heterocycles. The summed E-state index contributed by atoms with van der Waals surface area (Å²) in [6, 6.07) is 15.5. The highest BCUT2D eigenvalue weighted by molar-refractivity contribution is 5.65. The van der Waals surface area contributed by atoms with Gasteiger partial charge < -0.3 is 9.84 Å². The van der Waals surface area contributed by atoms with E-state index in [1.807, 2.05) is 48.5 Å². The molecule has 0 unspecified atom stereocenters. The lowest BCUT2D eigenvalue weighted by molar-refractivity contribution is 0.384. The van der Waals surface area contributed by atoms with Crippen molar-refractivity contribution in [2.24, 2.45) is 0 Å². The van der Waals surface area contributed by atoms with Crippen molar-refractivity contribution in [1.82, 2.24) is 34.7 Å². The second kappa shape index (κ2) is 6.88. The van der Waals surface area contributed by atoms with Crippen LogP contribution in [0.1, 0.15) is 5.89 Å². The van der Waals surface area contributed by atoms with Crippen molar-refractivity contribution in [2.45, 2.75) is 6.54 Å². The zero-order chi connectivity index (χ0) is 18.8. The normalized spacial score (nSPS) is 11.0. The highest BCUT2D eigenvalue weighted by Crippen LogP contribution is 2.22. The zero-order valence-electron chi connectivity index (χ0n) is 14.6. The lowest BCUT2D eigenvalue weighted by Gasteiger charge is -2.08. The van der Waals surface area contributed by atoms with Crippen molar-refractivity contribution in [1.29, 1.82) is 0 Å². The first-order valence-corrected chi connectivity index (χ1v) is 8.60. The number of rotatable bonds is 5. The molecule has 0 bridgehead atoms. The van der Waals surface area contributed by atoms with Gasteiger partial charge in [0.2, 0.25) is 11.7 Å². The number of fused-ring (bicyclic) bond motifs is 1. The molecule has 4 heterocycles. The first-order chi connectivity index (χ1) is 13.9. The van der Waals surface area contributed by atoms with Crippen molar-refractivity contribution in [3.63, 3.8) is 0 Å². The third-order valence-electron chi connectivity index (χ3n) is 4.15. The van der Waals surface area contributed by atoms with E-state index in [0.29, 0.717) is 24.0 Å². The van der Waals surface area contributed by atoms with Gasteiger partial charge in [-0.1, -0.05) is 35.5 Å². The van der Waals surface area contributed by atoms with Crippen LogP contribution in [-0.2, 0) is 6.54 Å². The van der Waals surface area contributed by atoms with Crippen LogP contribution in [0.25, 0.3) is 28.4 Å². The fourth-order valence-corrected chi connectivity index (χ4v) is 2.81. The lowest BCUT2D eigenvalue weighted by Crippen LogP contribution is -2.07. The molecule has 9 heteroatoms. The Balaban J connectivity index is 1.42. The van der Waals surface area contributed by atoms with Crippen LogP contribution < -0.4 is 5.32 Å². The summed E-state index contributed by atoms with van der Waals surface area (Å²) in [5.74, 6) is 2.21. The summed E-state index contributed by atoms with van der Waals surface area (Å²) in [6.45, 7) is 0.339. The second-order valence-electron chi connectivity index (χ2n) is 5.97. The maximum Gasteiger partial charge on any atom is 0.254 e. The predicted octanol–water partition coefficient (Wildman–Crippen LogP) is 2.85. The van der Waals surface area contributed by atoms with E-state index in [1.165, 1.54) is 6.33 Å². The van der Waals surface area contributed by atoms with Crippen LogP contribution in [-0.4, -0.2) is 34.7 Å². The maximum absolute atomic E-state index is 5.34. The minimum Gasteiger partial charge on any atom is -0.361 e. The molecule has 1 aromatic carbocycles. The topological polar surface area (TPSA) is 107 Å². The fourth-order valence-electron chi connectivity index (χ4n) is 2.81. The van der Waals surface area contributed by atoms with E-state index in [0.717, 1.165) is 22.6 Å². The Morgan fingerprint density at radius 1 is 0.964 bits per heavy atom. The Morgan fingerprint density at radius 3 is 2.68 bits per heavy atom. The molecule has 0 amide bonds.